The van der Waals surface area contributed by atoms with E-state index in [-0.39, 0.29) is 28.6 Å². The SMILES string of the molecule is C=CCc1cc(-c2ccccc2)c2cc(S(=O)(=O)O)c3c(-c4ccccc4)c(S(=O)(=O)O)c(CC=C)nc3c2n1. The molecule has 0 aliphatic rings. The van der Waals surface area contributed by atoms with Crippen LogP contribution in [0.4, 0.5) is 0 Å². The molecular formula is C30H24N2O6S2. The smallest absolute Gasteiger partial charge is 0.282 e. The standard InChI is InChI=1S/C30H24N2O6S2/c1-3-11-21-17-22(19-13-7-5-8-14-19)23-18-25(39(33,34)35)27-26(20-15-9-6-10-16-20)30(40(36,37)38)24(12-4-2)32-29(27)28(23)31-21/h3-10,13-18H,1-2,11-12H2,(H,33,34,35)(H,36,37,38). The second-order valence-corrected chi connectivity index (χ2v) is 11.8. The number of allylic oxidation sites excluding steroid dienone is 2. The average Bonchev–Trinajstić information content (AvgIpc) is 2.92. The molecule has 8 nitrogen and oxygen atoms in total. The van der Waals surface area contributed by atoms with Crippen molar-refractivity contribution >= 4 is 42.0 Å². The Morgan fingerprint density at radius 1 is 0.725 bits per heavy atom. The molecule has 0 fully saturated rings. The molecule has 0 aliphatic heterocycles. The minimum Gasteiger partial charge on any atom is -0.282 e. The zero-order valence-corrected chi connectivity index (χ0v) is 22.8. The molecule has 3 aromatic carbocycles. The van der Waals surface area contributed by atoms with Crippen LogP contribution in [-0.4, -0.2) is 35.9 Å². The maximum atomic E-state index is 12.9. The van der Waals surface area contributed by atoms with Crippen molar-refractivity contribution in [2.24, 2.45) is 0 Å². The fourth-order valence-electron chi connectivity index (χ4n) is 4.91. The minimum atomic E-state index is -4.94. The van der Waals surface area contributed by atoms with Crippen molar-refractivity contribution in [1.29, 1.82) is 0 Å². The van der Waals surface area contributed by atoms with Gasteiger partial charge in [0.05, 0.1) is 16.7 Å². The van der Waals surface area contributed by atoms with E-state index in [1.807, 2.05) is 36.4 Å². The van der Waals surface area contributed by atoms with E-state index in [1.54, 1.807) is 36.4 Å². The van der Waals surface area contributed by atoms with E-state index in [2.05, 4.69) is 18.1 Å². The van der Waals surface area contributed by atoms with Crippen LogP contribution in [0.3, 0.4) is 0 Å². The molecule has 0 saturated heterocycles. The molecule has 0 saturated carbocycles. The van der Waals surface area contributed by atoms with Crippen molar-refractivity contribution in [2.75, 3.05) is 0 Å². The van der Waals surface area contributed by atoms with E-state index in [1.165, 1.54) is 12.1 Å². The third kappa shape index (κ3) is 4.93. The summed E-state index contributed by atoms with van der Waals surface area (Å²) >= 11 is 0. The first-order valence-electron chi connectivity index (χ1n) is 12.2. The number of fused-ring (bicyclic) bond motifs is 3. The van der Waals surface area contributed by atoms with Gasteiger partial charge in [-0.2, -0.15) is 16.8 Å². The molecule has 0 atom stereocenters. The highest BCUT2D eigenvalue weighted by Gasteiger charge is 2.31. The van der Waals surface area contributed by atoms with E-state index < -0.39 is 30.0 Å². The number of benzene rings is 3. The van der Waals surface area contributed by atoms with Crippen LogP contribution < -0.4 is 0 Å². The molecule has 0 radical (unpaired) electrons. The van der Waals surface area contributed by atoms with Gasteiger partial charge in [-0.1, -0.05) is 72.8 Å². The molecule has 10 heteroatoms. The Morgan fingerprint density at radius 3 is 1.88 bits per heavy atom. The second-order valence-electron chi connectivity index (χ2n) is 9.09. The summed E-state index contributed by atoms with van der Waals surface area (Å²) in [5.41, 5.74) is 2.51. The number of hydrogen-bond donors (Lipinski definition) is 2. The maximum absolute atomic E-state index is 12.9. The highest BCUT2D eigenvalue weighted by Crippen LogP contribution is 2.43. The Labute approximate surface area is 231 Å². The molecule has 2 heterocycles. The van der Waals surface area contributed by atoms with E-state index in [0.29, 0.717) is 34.1 Å². The first-order valence-corrected chi connectivity index (χ1v) is 15.0. The lowest BCUT2D eigenvalue weighted by atomic mass is 9.94. The molecule has 0 amide bonds. The van der Waals surface area contributed by atoms with Gasteiger partial charge >= 0.3 is 0 Å². The Kier molecular flexibility index (Phi) is 7.11. The molecule has 2 N–H and O–H groups in total. The highest BCUT2D eigenvalue weighted by molar-refractivity contribution is 7.86. The van der Waals surface area contributed by atoms with Crippen LogP contribution in [0.1, 0.15) is 11.4 Å². The Bertz CT molecular complexity index is 2020. The van der Waals surface area contributed by atoms with Crippen LogP contribution >= 0.6 is 0 Å². The molecule has 0 unspecified atom stereocenters. The third-order valence-electron chi connectivity index (χ3n) is 6.45. The topological polar surface area (TPSA) is 135 Å². The van der Waals surface area contributed by atoms with Crippen molar-refractivity contribution in [3.63, 3.8) is 0 Å². The molecule has 0 bridgehead atoms. The molecule has 202 valence electrons. The molecule has 0 spiro atoms. The summed E-state index contributed by atoms with van der Waals surface area (Å²) in [5.74, 6) is 0. The lowest BCUT2D eigenvalue weighted by molar-refractivity contribution is 0.480. The average molecular weight is 573 g/mol. The van der Waals surface area contributed by atoms with E-state index >= 15 is 0 Å². The fraction of sp³-hybridized carbons (Fsp3) is 0.0667. The van der Waals surface area contributed by atoms with Gasteiger partial charge in [-0.25, -0.2) is 4.98 Å². The number of aromatic nitrogens is 2. The van der Waals surface area contributed by atoms with E-state index in [4.69, 9.17) is 4.98 Å². The monoisotopic (exact) mass is 572 g/mol. The predicted molar refractivity (Wildman–Crippen MR) is 155 cm³/mol. The van der Waals surface area contributed by atoms with E-state index in [9.17, 15) is 25.9 Å². The molecule has 0 aliphatic carbocycles. The van der Waals surface area contributed by atoms with Crippen molar-refractivity contribution in [1.82, 2.24) is 9.97 Å². The van der Waals surface area contributed by atoms with Gasteiger partial charge in [-0.15, -0.1) is 13.2 Å². The van der Waals surface area contributed by atoms with Gasteiger partial charge in [0.1, 0.15) is 9.79 Å². The van der Waals surface area contributed by atoms with Crippen molar-refractivity contribution in [2.45, 2.75) is 22.6 Å². The fourth-order valence-corrected chi connectivity index (χ4v) is 6.54. The summed E-state index contributed by atoms with van der Waals surface area (Å²) in [6.45, 7) is 7.50. The van der Waals surface area contributed by atoms with Crippen LogP contribution in [-0.2, 0) is 33.1 Å². The minimum absolute atomic E-state index is 0.0465. The Hall–Kier alpha value is -4.22. The van der Waals surface area contributed by atoms with Gasteiger partial charge in [0.25, 0.3) is 20.2 Å². The largest absolute Gasteiger partial charge is 0.297 e. The molecule has 5 rings (SSSR count). The summed E-state index contributed by atoms with van der Waals surface area (Å²) in [6.07, 6.45) is 3.45. The third-order valence-corrected chi connectivity index (χ3v) is 8.29. The number of rotatable bonds is 8. The van der Waals surface area contributed by atoms with Crippen molar-refractivity contribution < 1.29 is 25.9 Å². The van der Waals surface area contributed by atoms with Gasteiger partial charge < -0.3 is 0 Å². The predicted octanol–water partition coefficient (Wildman–Crippen LogP) is 6.07. The summed E-state index contributed by atoms with van der Waals surface area (Å²) in [6, 6.07) is 20.5. The lowest BCUT2D eigenvalue weighted by Gasteiger charge is -2.19. The van der Waals surface area contributed by atoms with Gasteiger partial charge in [0, 0.05) is 34.9 Å². The molecule has 40 heavy (non-hydrogen) atoms. The number of hydrogen-bond acceptors (Lipinski definition) is 6. The van der Waals surface area contributed by atoms with Crippen molar-refractivity contribution in [3.8, 4) is 22.3 Å². The van der Waals surface area contributed by atoms with Gasteiger partial charge in [-0.3, -0.25) is 14.1 Å². The quantitative estimate of drug-likeness (QED) is 0.130. The van der Waals surface area contributed by atoms with Crippen LogP contribution in [0, 0.1) is 0 Å². The van der Waals surface area contributed by atoms with Gasteiger partial charge in [0.2, 0.25) is 0 Å². The molecule has 5 aromatic rings. The van der Waals surface area contributed by atoms with Crippen molar-refractivity contribution in [3.05, 3.63) is 109 Å². The summed E-state index contributed by atoms with van der Waals surface area (Å²) in [5, 5.41) is 0.207. The lowest BCUT2D eigenvalue weighted by Crippen LogP contribution is -2.11. The van der Waals surface area contributed by atoms with Crippen LogP contribution in [0.5, 0.6) is 0 Å². The van der Waals surface area contributed by atoms with Gasteiger partial charge in [-0.05, 0) is 28.8 Å². The second kappa shape index (κ2) is 10.4. The first kappa shape index (κ1) is 27.4. The first-order chi connectivity index (χ1) is 19.0. The molecular weight excluding hydrogens is 548 g/mol. The number of pyridine rings is 2. The molecule has 2 aromatic heterocycles. The zero-order valence-electron chi connectivity index (χ0n) is 21.1. The highest BCUT2D eigenvalue weighted by atomic mass is 32.2. The summed E-state index contributed by atoms with van der Waals surface area (Å²) < 4.78 is 72.3. The van der Waals surface area contributed by atoms with Crippen LogP contribution in [0.25, 0.3) is 44.1 Å². The van der Waals surface area contributed by atoms with Crippen LogP contribution in [0.2, 0.25) is 0 Å². The summed E-state index contributed by atoms with van der Waals surface area (Å²) in [7, 11) is -9.87. The van der Waals surface area contributed by atoms with Gasteiger partial charge in [0.15, 0.2) is 0 Å². The number of nitrogens with zero attached hydrogens (tertiary/aromatic N) is 2. The Balaban J connectivity index is 2.15. The Morgan fingerprint density at radius 2 is 1.32 bits per heavy atom. The summed E-state index contributed by atoms with van der Waals surface area (Å²) in [4.78, 5) is 8.23. The van der Waals surface area contributed by atoms with Crippen LogP contribution in [0.15, 0.2) is 108 Å². The van der Waals surface area contributed by atoms with E-state index in [0.717, 1.165) is 5.56 Å². The zero-order chi connectivity index (χ0) is 28.7. The normalized spacial score (nSPS) is 12.1. The maximum Gasteiger partial charge on any atom is 0.297 e.